The van der Waals surface area contributed by atoms with Crippen molar-refractivity contribution < 1.29 is 18.9 Å². The maximum Gasteiger partial charge on any atom is 0.129 e. The quantitative estimate of drug-likeness (QED) is 0.749. The molecule has 0 heterocycles. The van der Waals surface area contributed by atoms with E-state index in [2.05, 4.69) is 0 Å². The molecule has 122 valence electrons. The summed E-state index contributed by atoms with van der Waals surface area (Å²) in [5.74, 6) is 3.11. The minimum Gasteiger partial charge on any atom is -0.497 e. The molecular formula is C19H22O4. The maximum absolute atomic E-state index is 5.40. The molecule has 0 aliphatic carbocycles. The Kier molecular flexibility index (Phi) is 5.52. The number of methoxy groups -OCH3 is 4. The first kappa shape index (κ1) is 16.7. The highest BCUT2D eigenvalue weighted by atomic mass is 16.5. The second kappa shape index (κ2) is 7.58. The molecule has 0 saturated heterocycles. The second-order valence-electron chi connectivity index (χ2n) is 4.99. The van der Waals surface area contributed by atoms with E-state index >= 15 is 0 Å². The number of hydrogen-bond acceptors (Lipinski definition) is 4. The molecule has 0 radical (unpaired) electrons. The summed E-state index contributed by atoms with van der Waals surface area (Å²) < 4.78 is 21.4. The van der Waals surface area contributed by atoms with E-state index in [1.807, 2.05) is 49.4 Å². The monoisotopic (exact) mass is 314 g/mol. The molecule has 2 rings (SSSR count). The molecule has 0 saturated carbocycles. The lowest BCUT2D eigenvalue weighted by Gasteiger charge is -2.11. The predicted octanol–water partition coefficient (Wildman–Crippen LogP) is 4.20. The third kappa shape index (κ3) is 3.77. The smallest absolute Gasteiger partial charge is 0.129 e. The van der Waals surface area contributed by atoms with Crippen LogP contribution in [0.15, 0.2) is 30.3 Å². The van der Waals surface area contributed by atoms with Gasteiger partial charge in [-0.2, -0.15) is 0 Å². The van der Waals surface area contributed by atoms with E-state index < -0.39 is 0 Å². The fraction of sp³-hybridized carbons (Fsp3) is 0.263. The Morgan fingerprint density at radius 2 is 1.30 bits per heavy atom. The van der Waals surface area contributed by atoms with Crippen molar-refractivity contribution >= 4 is 12.2 Å². The number of rotatable bonds is 6. The van der Waals surface area contributed by atoms with Crippen molar-refractivity contribution in [1.29, 1.82) is 0 Å². The third-order valence-corrected chi connectivity index (χ3v) is 3.67. The molecule has 0 N–H and O–H groups in total. The summed E-state index contributed by atoms with van der Waals surface area (Å²) in [5, 5.41) is 0. The fourth-order valence-corrected chi connectivity index (χ4v) is 2.34. The molecule has 2 aromatic rings. The molecule has 0 spiro atoms. The highest BCUT2D eigenvalue weighted by Crippen LogP contribution is 2.31. The number of benzene rings is 2. The molecule has 0 amide bonds. The fourth-order valence-electron chi connectivity index (χ4n) is 2.34. The molecule has 2 aromatic carbocycles. The normalized spacial score (nSPS) is 10.7. The third-order valence-electron chi connectivity index (χ3n) is 3.67. The lowest BCUT2D eigenvalue weighted by atomic mass is 10.1. The van der Waals surface area contributed by atoms with E-state index in [0.717, 1.165) is 39.7 Å². The maximum atomic E-state index is 5.40. The van der Waals surface area contributed by atoms with Crippen LogP contribution >= 0.6 is 0 Å². The standard InChI is InChI=1S/C19H22O4/c1-13-17(21-3)10-14(11-18(13)22-4)6-7-15-8-9-16(20-2)12-19(15)23-5/h6-12H,1-5H3. The Morgan fingerprint density at radius 3 is 1.83 bits per heavy atom. The van der Waals surface area contributed by atoms with Crippen LogP contribution in [0.2, 0.25) is 0 Å². The summed E-state index contributed by atoms with van der Waals surface area (Å²) in [7, 11) is 6.59. The van der Waals surface area contributed by atoms with Crippen LogP contribution in [0, 0.1) is 6.92 Å². The molecule has 0 unspecified atom stereocenters. The van der Waals surface area contributed by atoms with Crippen molar-refractivity contribution in [2.75, 3.05) is 28.4 Å². The topological polar surface area (TPSA) is 36.9 Å². The molecule has 0 fully saturated rings. The van der Waals surface area contributed by atoms with Crippen molar-refractivity contribution in [3.05, 3.63) is 47.0 Å². The van der Waals surface area contributed by atoms with E-state index in [1.165, 1.54) is 0 Å². The number of hydrogen-bond donors (Lipinski definition) is 0. The number of ether oxygens (including phenoxy) is 4. The van der Waals surface area contributed by atoms with Crippen molar-refractivity contribution in [2.45, 2.75) is 6.92 Å². The zero-order chi connectivity index (χ0) is 16.8. The Labute approximate surface area is 137 Å². The SMILES string of the molecule is COc1ccc(C=Cc2cc(OC)c(C)c(OC)c2)c(OC)c1. The van der Waals surface area contributed by atoms with Gasteiger partial charge in [0.15, 0.2) is 0 Å². The summed E-state index contributed by atoms with van der Waals surface area (Å²) in [6, 6.07) is 9.67. The van der Waals surface area contributed by atoms with Gasteiger partial charge in [0.25, 0.3) is 0 Å². The zero-order valence-electron chi connectivity index (χ0n) is 14.2. The first-order chi connectivity index (χ1) is 11.1. The van der Waals surface area contributed by atoms with Gasteiger partial charge in [0.2, 0.25) is 0 Å². The molecule has 4 heteroatoms. The Morgan fingerprint density at radius 1 is 0.696 bits per heavy atom. The molecule has 0 aromatic heterocycles. The largest absolute Gasteiger partial charge is 0.497 e. The van der Waals surface area contributed by atoms with E-state index in [4.69, 9.17) is 18.9 Å². The lowest BCUT2D eigenvalue weighted by Crippen LogP contribution is -1.93. The van der Waals surface area contributed by atoms with Crippen molar-refractivity contribution in [3.8, 4) is 23.0 Å². The molecular weight excluding hydrogens is 292 g/mol. The van der Waals surface area contributed by atoms with Crippen LogP contribution < -0.4 is 18.9 Å². The van der Waals surface area contributed by atoms with Gasteiger partial charge in [-0.1, -0.05) is 12.2 Å². The van der Waals surface area contributed by atoms with Crippen molar-refractivity contribution in [3.63, 3.8) is 0 Å². The average molecular weight is 314 g/mol. The van der Waals surface area contributed by atoms with Crippen LogP contribution in [-0.4, -0.2) is 28.4 Å². The summed E-state index contributed by atoms with van der Waals surface area (Å²) in [6.07, 6.45) is 3.98. The molecule has 0 aliphatic rings. The second-order valence-corrected chi connectivity index (χ2v) is 4.99. The van der Waals surface area contributed by atoms with Crippen LogP contribution in [0.4, 0.5) is 0 Å². The van der Waals surface area contributed by atoms with Gasteiger partial charge < -0.3 is 18.9 Å². The first-order valence-corrected chi connectivity index (χ1v) is 7.25. The highest BCUT2D eigenvalue weighted by molar-refractivity contribution is 5.74. The minimum atomic E-state index is 0.756. The molecule has 0 bridgehead atoms. The van der Waals surface area contributed by atoms with Crippen LogP contribution in [0.25, 0.3) is 12.2 Å². The van der Waals surface area contributed by atoms with Crippen LogP contribution in [0.3, 0.4) is 0 Å². The van der Waals surface area contributed by atoms with Gasteiger partial charge in [0, 0.05) is 17.2 Å². The van der Waals surface area contributed by atoms with E-state index in [1.54, 1.807) is 28.4 Å². The van der Waals surface area contributed by atoms with Gasteiger partial charge in [-0.05, 0) is 36.8 Å². The zero-order valence-corrected chi connectivity index (χ0v) is 14.2. The van der Waals surface area contributed by atoms with Crippen LogP contribution in [-0.2, 0) is 0 Å². The van der Waals surface area contributed by atoms with Crippen LogP contribution in [0.1, 0.15) is 16.7 Å². The van der Waals surface area contributed by atoms with E-state index in [0.29, 0.717) is 0 Å². The summed E-state index contributed by atoms with van der Waals surface area (Å²) in [5.41, 5.74) is 2.93. The summed E-state index contributed by atoms with van der Waals surface area (Å²) >= 11 is 0. The van der Waals surface area contributed by atoms with Gasteiger partial charge in [-0.15, -0.1) is 0 Å². The Hall–Kier alpha value is -2.62. The molecule has 23 heavy (non-hydrogen) atoms. The van der Waals surface area contributed by atoms with Gasteiger partial charge in [0.05, 0.1) is 28.4 Å². The van der Waals surface area contributed by atoms with Gasteiger partial charge in [0.1, 0.15) is 23.0 Å². The van der Waals surface area contributed by atoms with E-state index in [-0.39, 0.29) is 0 Å². The highest BCUT2D eigenvalue weighted by Gasteiger charge is 2.07. The Bertz CT molecular complexity index is 680. The summed E-state index contributed by atoms with van der Waals surface area (Å²) in [4.78, 5) is 0. The van der Waals surface area contributed by atoms with Crippen molar-refractivity contribution in [2.24, 2.45) is 0 Å². The Balaban J connectivity index is 2.37. The summed E-state index contributed by atoms with van der Waals surface area (Å²) in [6.45, 7) is 1.97. The molecule has 4 nitrogen and oxygen atoms in total. The first-order valence-electron chi connectivity index (χ1n) is 7.25. The minimum absolute atomic E-state index is 0.756. The molecule has 0 atom stereocenters. The van der Waals surface area contributed by atoms with Gasteiger partial charge in [-0.3, -0.25) is 0 Å². The van der Waals surface area contributed by atoms with Crippen LogP contribution in [0.5, 0.6) is 23.0 Å². The van der Waals surface area contributed by atoms with Gasteiger partial charge >= 0.3 is 0 Å². The predicted molar refractivity (Wildman–Crippen MR) is 92.8 cm³/mol. The van der Waals surface area contributed by atoms with Gasteiger partial charge in [-0.25, -0.2) is 0 Å². The lowest BCUT2D eigenvalue weighted by molar-refractivity contribution is 0.388. The molecule has 0 aliphatic heterocycles. The average Bonchev–Trinajstić information content (AvgIpc) is 2.60. The van der Waals surface area contributed by atoms with Crippen molar-refractivity contribution in [1.82, 2.24) is 0 Å². The van der Waals surface area contributed by atoms with E-state index in [9.17, 15) is 0 Å².